The third kappa shape index (κ3) is 2.59. The highest BCUT2D eigenvalue weighted by Crippen LogP contribution is 2.38. The van der Waals surface area contributed by atoms with Crippen molar-refractivity contribution in [1.29, 1.82) is 0 Å². The fraction of sp³-hybridized carbons (Fsp3) is 0.167. The molecule has 0 fully saturated rings. The molecule has 0 saturated carbocycles. The molecule has 0 aliphatic rings. The summed E-state index contributed by atoms with van der Waals surface area (Å²) in [4.78, 5) is 15.0. The van der Waals surface area contributed by atoms with Crippen LogP contribution in [0.3, 0.4) is 0 Å². The van der Waals surface area contributed by atoms with Crippen molar-refractivity contribution in [3.05, 3.63) is 58.5 Å². The van der Waals surface area contributed by atoms with E-state index in [1.807, 2.05) is 24.3 Å². The highest BCUT2D eigenvalue weighted by molar-refractivity contribution is 7.23. The minimum absolute atomic E-state index is 0.797. The predicted octanol–water partition coefficient (Wildman–Crippen LogP) is 5.83. The summed E-state index contributed by atoms with van der Waals surface area (Å²) >= 11 is 3.59. The predicted molar refractivity (Wildman–Crippen MR) is 92.6 cm³/mol. The fourth-order valence-electron chi connectivity index (χ4n) is 2.62. The van der Waals surface area contributed by atoms with Gasteiger partial charge in [-0.2, -0.15) is 0 Å². The van der Waals surface area contributed by atoms with Crippen molar-refractivity contribution in [2.75, 3.05) is 0 Å². The first-order chi connectivity index (χ1) is 10.2. The molecule has 2 heterocycles. The normalized spacial score (nSPS) is 10.8. The summed E-state index contributed by atoms with van der Waals surface area (Å²) in [6, 6.07) is 12.6. The Balaban J connectivity index is 2.09. The van der Waals surface area contributed by atoms with Crippen LogP contribution in [0.4, 0.5) is 0 Å². The summed E-state index contributed by atoms with van der Waals surface area (Å²) < 4.78 is 0. The second-order valence-corrected chi connectivity index (χ2v) is 6.95. The Labute approximate surface area is 132 Å². The van der Waals surface area contributed by atoms with Crippen LogP contribution in [0.25, 0.3) is 20.2 Å². The number of carbonyl (C=O) groups excluding carboxylic acids is 1. The molecule has 1 nitrogen and oxygen atoms in total. The molecule has 0 amide bonds. The van der Waals surface area contributed by atoms with E-state index >= 15 is 0 Å². The Bertz CT molecular complexity index is 767. The first-order valence-electron chi connectivity index (χ1n) is 6.96. The lowest BCUT2D eigenvalue weighted by Gasteiger charge is -2.11. The van der Waals surface area contributed by atoms with Crippen molar-refractivity contribution >= 4 is 29.0 Å². The van der Waals surface area contributed by atoms with Gasteiger partial charge in [0, 0.05) is 20.2 Å². The van der Waals surface area contributed by atoms with E-state index in [0.717, 1.165) is 23.8 Å². The minimum atomic E-state index is 0.797. The zero-order valence-corrected chi connectivity index (χ0v) is 13.7. The highest BCUT2D eigenvalue weighted by Gasteiger charge is 2.12. The van der Waals surface area contributed by atoms with Gasteiger partial charge in [-0.1, -0.05) is 25.1 Å². The van der Waals surface area contributed by atoms with E-state index in [-0.39, 0.29) is 0 Å². The van der Waals surface area contributed by atoms with Gasteiger partial charge >= 0.3 is 0 Å². The lowest BCUT2D eigenvalue weighted by atomic mass is 9.95. The molecule has 1 aromatic carbocycles. The number of aldehydes is 1. The van der Waals surface area contributed by atoms with Gasteiger partial charge in [0.1, 0.15) is 6.29 Å². The van der Waals surface area contributed by atoms with Crippen LogP contribution in [-0.2, 0) is 6.42 Å². The smallest absolute Gasteiger partial charge is 0.150 e. The highest BCUT2D eigenvalue weighted by atomic mass is 32.1. The van der Waals surface area contributed by atoms with E-state index in [2.05, 4.69) is 42.6 Å². The molecule has 0 N–H and O–H groups in total. The molecule has 2 aromatic heterocycles. The molecule has 0 spiro atoms. The maximum atomic E-state index is 11.1. The van der Waals surface area contributed by atoms with Crippen molar-refractivity contribution < 1.29 is 4.79 Å². The molecule has 0 aliphatic heterocycles. The zero-order valence-electron chi connectivity index (χ0n) is 12.1. The Morgan fingerprint density at radius 1 is 1.05 bits per heavy atom. The number of hydrogen-bond donors (Lipinski definition) is 0. The van der Waals surface area contributed by atoms with Crippen LogP contribution < -0.4 is 0 Å². The van der Waals surface area contributed by atoms with Crippen LogP contribution >= 0.6 is 22.7 Å². The van der Waals surface area contributed by atoms with Crippen LogP contribution in [0.5, 0.6) is 0 Å². The van der Waals surface area contributed by atoms with Crippen LogP contribution in [-0.4, -0.2) is 6.29 Å². The molecule has 3 rings (SSSR count). The van der Waals surface area contributed by atoms with E-state index in [1.165, 1.54) is 25.8 Å². The lowest BCUT2D eigenvalue weighted by molar-refractivity contribution is 0.112. The Morgan fingerprint density at radius 2 is 1.86 bits per heavy atom. The summed E-state index contributed by atoms with van der Waals surface area (Å²) in [7, 11) is 0. The van der Waals surface area contributed by atoms with Gasteiger partial charge in [-0.3, -0.25) is 4.79 Å². The summed E-state index contributed by atoms with van der Waals surface area (Å²) in [5.41, 5.74) is 4.44. The summed E-state index contributed by atoms with van der Waals surface area (Å²) in [6.45, 7) is 4.19. The molecule has 0 radical (unpaired) electrons. The number of thiophene rings is 2. The molecule has 106 valence electrons. The van der Waals surface area contributed by atoms with Gasteiger partial charge in [-0.25, -0.2) is 0 Å². The molecular weight excluding hydrogens is 296 g/mol. The Kier molecular flexibility index (Phi) is 4.04. The van der Waals surface area contributed by atoms with Crippen molar-refractivity contribution in [3.8, 4) is 20.2 Å². The second-order valence-electron chi connectivity index (χ2n) is 4.92. The Morgan fingerprint density at radius 3 is 2.52 bits per heavy atom. The van der Waals surface area contributed by atoms with Gasteiger partial charge in [0.05, 0.1) is 0 Å². The molecule has 0 bridgehead atoms. The van der Waals surface area contributed by atoms with E-state index in [9.17, 15) is 4.79 Å². The van der Waals surface area contributed by atoms with Crippen LogP contribution in [0, 0.1) is 6.92 Å². The lowest BCUT2D eigenvalue weighted by Crippen LogP contribution is -1.96. The standard InChI is InChI=1S/C18H16OS2/c1-3-14-12(2)13(11-19)6-7-15(14)16-8-9-18(21-16)17-5-4-10-20-17/h4-11H,3H2,1-2H3. The first kappa shape index (κ1) is 14.2. The van der Waals surface area contributed by atoms with Gasteiger partial charge < -0.3 is 0 Å². The first-order valence-corrected chi connectivity index (χ1v) is 8.66. The number of rotatable bonds is 4. The summed E-state index contributed by atoms with van der Waals surface area (Å²) in [5.74, 6) is 0. The fourth-order valence-corrected chi connectivity index (χ4v) is 4.52. The second kappa shape index (κ2) is 5.96. The average molecular weight is 312 g/mol. The number of benzene rings is 1. The quantitative estimate of drug-likeness (QED) is 0.554. The van der Waals surface area contributed by atoms with Crippen molar-refractivity contribution in [2.45, 2.75) is 20.3 Å². The molecule has 3 heteroatoms. The summed E-state index contributed by atoms with van der Waals surface area (Å²) in [6.07, 6.45) is 1.89. The van der Waals surface area contributed by atoms with Crippen LogP contribution in [0.1, 0.15) is 28.4 Å². The SMILES string of the molecule is CCc1c(-c2ccc(-c3cccs3)s2)ccc(C=O)c1C. The molecule has 0 atom stereocenters. The molecule has 0 aliphatic carbocycles. The average Bonchev–Trinajstić information content (AvgIpc) is 3.17. The van der Waals surface area contributed by atoms with Gasteiger partial charge in [0.15, 0.2) is 0 Å². The largest absolute Gasteiger partial charge is 0.298 e. The Hall–Kier alpha value is -1.71. The van der Waals surface area contributed by atoms with Crippen molar-refractivity contribution in [2.24, 2.45) is 0 Å². The monoisotopic (exact) mass is 312 g/mol. The maximum Gasteiger partial charge on any atom is 0.150 e. The van der Waals surface area contributed by atoms with Crippen molar-refractivity contribution in [3.63, 3.8) is 0 Å². The van der Waals surface area contributed by atoms with E-state index < -0.39 is 0 Å². The number of carbonyl (C=O) groups is 1. The molecule has 21 heavy (non-hydrogen) atoms. The van der Waals surface area contributed by atoms with Crippen molar-refractivity contribution in [1.82, 2.24) is 0 Å². The molecule has 3 aromatic rings. The minimum Gasteiger partial charge on any atom is -0.298 e. The van der Waals surface area contributed by atoms with Crippen LogP contribution in [0.2, 0.25) is 0 Å². The van der Waals surface area contributed by atoms with Gasteiger partial charge in [0.25, 0.3) is 0 Å². The number of hydrogen-bond acceptors (Lipinski definition) is 3. The molecule has 0 unspecified atom stereocenters. The van der Waals surface area contributed by atoms with Gasteiger partial charge in [-0.05, 0) is 53.6 Å². The van der Waals surface area contributed by atoms with E-state index in [0.29, 0.717) is 0 Å². The summed E-state index contributed by atoms with van der Waals surface area (Å²) in [5, 5.41) is 2.11. The van der Waals surface area contributed by atoms with Gasteiger partial charge in [0.2, 0.25) is 0 Å². The van der Waals surface area contributed by atoms with E-state index in [4.69, 9.17) is 0 Å². The van der Waals surface area contributed by atoms with E-state index in [1.54, 1.807) is 11.3 Å². The zero-order chi connectivity index (χ0) is 14.8. The topological polar surface area (TPSA) is 17.1 Å². The molecule has 0 saturated heterocycles. The third-order valence-electron chi connectivity index (χ3n) is 3.76. The van der Waals surface area contributed by atoms with Gasteiger partial charge in [-0.15, -0.1) is 22.7 Å². The maximum absolute atomic E-state index is 11.1. The molecular formula is C18H16OS2. The third-order valence-corrected chi connectivity index (χ3v) is 5.94. The van der Waals surface area contributed by atoms with Crippen LogP contribution in [0.15, 0.2) is 41.8 Å².